The number of ether oxygens (including phenoxy) is 4. The lowest BCUT2D eigenvalue weighted by atomic mass is 9.92. The van der Waals surface area contributed by atoms with Crippen molar-refractivity contribution in [2.75, 3.05) is 86.0 Å². The van der Waals surface area contributed by atoms with E-state index >= 15 is 0 Å². The Balaban J connectivity index is 2.60. The Morgan fingerprint density at radius 2 is 0.566 bits per heavy atom. The van der Waals surface area contributed by atoms with Gasteiger partial charge in [-0.15, -0.1) is 0 Å². The summed E-state index contributed by atoms with van der Waals surface area (Å²) in [6.07, 6.45) is 68.1. The zero-order valence-corrected chi connectivity index (χ0v) is 52.5. The Bertz CT molecular complexity index is 1020. The largest absolute Gasteiger partial charge is 0.465 e. The molecule has 0 spiro atoms. The van der Waals surface area contributed by atoms with Crippen molar-refractivity contribution in [3.8, 4) is 0 Å². The summed E-state index contributed by atoms with van der Waals surface area (Å²) in [7, 11) is 2.21. The first-order chi connectivity index (χ1) is 37.5. The van der Waals surface area contributed by atoms with Gasteiger partial charge in [-0.25, -0.2) is 0 Å². The number of likely N-dealkylation sites (N-methyl/N-ethyl adjacent to an activating group) is 1. The van der Waals surface area contributed by atoms with Crippen molar-refractivity contribution in [1.82, 2.24) is 9.80 Å². The lowest BCUT2D eigenvalue weighted by molar-refractivity contribution is -0.156. The Morgan fingerprint density at radius 3 is 0.829 bits per heavy atom. The van der Waals surface area contributed by atoms with Crippen LogP contribution >= 0.6 is 0 Å². The molecule has 0 aromatic rings. The Kier molecular flexibility index (Phi) is 58.2. The molecule has 7 heteroatoms. The number of nitrogens with zero attached hydrogens (tertiary/aromatic N) is 2. The Labute approximate surface area is 477 Å². The number of carbonyl (C=O) groups is 1. The average Bonchev–Trinajstić information content (AvgIpc) is 3.43. The minimum absolute atomic E-state index is 0.0869. The minimum Gasteiger partial charge on any atom is -0.465 e. The molecule has 0 amide bonds. The second-order valence-electron chi connectivity index (χ2n) is 24.8. The third-order valence-corrected chi connectivity index (χ3v) is 16.9. The van der Waals surface area contributed by atoms with Crippen LogP contribution in [0.1, 0.15) is 348 Å². The SMILES string of the molecule is CCCCCCCCCCCCCCCCCCOCC(COCCCCCCCCCCCCCCCCCC)(COCCCCCCCCCCCCCCCCCC)COC(=O)CCCCN1CCN(C)CC1. The van der Waals surface area contributed by atoms with E-state index in [1.54, 1.807) is 0 Å². The molecule has 1 aliphatic rings. The van der Waals surface area contributed by atoms with Gasteiger partial charge in [0.15, 0.2) is 0 Å². The van der Waals surface area contributed by atoms with Gasteiger partial charge in [0.2, 0.25) is 0 Å². The molecule has 0 aromatic heterocycles. The third-order valence-electron chi connectivity index (χ3n) is 16.9. The molecule has 1 saturated heterocycles. The predicted molar refractivity (Wildman–Crippen MR) is 332 cm³/mol. The highest BCUT2D eigenvalue weighted by atomic mass is 16.5. The van der Waals surface area contributed by atoms with E-state index in [9.17, 15) is 4.79 Å². The first-order valence-electron chi connectivity index (χ1n) is 34.8. The summed E-state index contributed by atoms with van der Waals surface area (Å²) in [5, 5.41) is 0. The number of hydrogen-bond donors (Lipinski definition) is 0. The molecule has 1 rings (SSSR count). The first-order valence-corrected chi connectivity index (χ1v) is 34.8. The highest BCUT2D eigenvalue weighted by molar-refractivity contribution is 5.69. The normalized spacial score (nSPS) is 13.6. The zero-order chi connectivity index (χ0) is 54.6. The molecule has 1 heterocycles. The molecule has 1 aliphatic heterocycles. The van der Waals surface area contributed by atoms with Crippen molar-refractivity contribution in [1.29, 1.82) is 0 Å². The van der Waals surface area contributed by atoms with E-state index in [0.29, 0.717) is 32.8 Å². The third kappa shape index (κ3) is 52.6. The van der Waals surface area contributed by atoms with E-state index in [1.165, 1.54) is 289 Å². The smallest absolute Gasteiger partial charge is 0.305 e. The summed E-state index contributed by atoms with van der Waals surface area (Å²) >= 11 is 0. The summed E-state index contributed by atoms with van der Waals surface area (Å²) < 4.78 is 25.8. The molecule has 0 radical (unpaired) electrons. The van der Waals surface area contributed by atoms with Gasteiger partial charge in [-0.2, -0.15) is 0 Å². The molecule has 0 saturated carbocycles. The fraction of sp³-hybridized carbons (Fsp3) is 0.986. The maximum atomic E-state index is 13.3. The second-order valence-corrected chi connectivity index (χ2v) is 24.8. The van der Waals surface area contributed by atoms with Crippen molar-refractivity contribution in [2.24, 2.45) is 5.41 Å². The Morgan fingerprint density at radius 1 is 0.316 bits per heavy atom. The van der Waals surface area contributed by atoms with E-state index in [0.717, 1.165) is 84.6 Å². The van der Waals surface area contributed by atoms with E-state index in [-0.39, 0.29) is 5.97 Å². The summed E-state index contributed by atoms with van der Waals surface area (Å²) in [6.45, 7) is 16.6. The van der Waals surface area contributed by atoms with Gasteiger partial charge in [0.05, 0.1) is 25.2 Å². The maximum Gasteiger partial charge on any atom is 0.305 e. The van der Waals surface area contributed by atoms with Gasteiger partial charge in [0, 0.05) is 52.4 Å². The van der Waals surface area contributed by atoms with Crippen LogP contribution in [0.4, 0.5) is 0 Å². The molecule has 0 atom stereocenters. The second kappa shape index (κ2) is 60.4. The summed E-state index contributed by atoms with van der Waals surface area (Å²) in [5.74, 6) is -0.0869. The quantitative estimate of drug-likeness (QED) is 0.0444. The molecular formula is C69H138N2O5. The molecule has 1 fully saturated rings. The van der Waals surface area contributed by atoms with Gasteiger partial charge < -0.3 is 28.7 Å². The van der Waals surface area contributed by atoms with E-state index in [4.69, 9.17) is 18.9 Å². The van der Waals surface area contributed by atoms with Crippen LogP contribution in [0.25, 0.3) is 0 Å². The number of esters is 1. The van der Waals surface area contributed by atoms with Crippen LogP contribution in [0.2, 0.25) is 0 Å². The summed E-state index contributed by atoms with van der Waals surface area (Å²) in [4.78, 5) is 18.3. The summed E-state index contributed by atoms with van der Waals surface area (Å²) in [6, 6.07) is 0. The lowest BCUT2D eigenvalue weighted by Crippen LogP contribution is -2.44. The molecule has 0 aliphatic carbocycles. The van der Waals surface area contributed by atoms with Crippen LogP contribution in [0, 0.1) is 5.41 Å². The minimum atomic E-state index is -0.491. The predicted octanol–water partition coefficient (Wildman–Crippen LogP) is 20.8. The monoisotopic (exact) mass is 1080 g/mol. The van der Waals surface area contributed by atoms with Crippen LogP contribution in [0.15, 0.2) is 0 Å². The molecule has 0 aromatic carbocycles. The topological polar surface area (TPSA) is 60.5 Å². The fourth-order valence-corrected chi connectivity index (χ4v) is 11.4. The fourth-order valence-electron chi connectivity index (χ4n) is 11.4. The lowest BCUT2D eigenvalue weighted by Gasteiger charge is -2.33. The van der Waals surface area contributed by atoms with Crippen LogP contribution in [-0.4, -0.2) is 102 Å². The number of hydrogen-bond acceptors (Lipinski definition) is 7. The van der Waals surface area contributed by atoms with Crippen LogP contribution in [0.5, 0.6) is 0 Å². The molecule has 454 valence electrons. The van der Waals surface area contributed by atoms with Crippen molar-refractivity contribution in [2.45, 2.75) is 348 Å². The van der Waals surface area contributed by atoms with Crippen LogP contribution in [0.3, 0.4) is 0 Å². The number of carbonyl (C=O) groups excluding carboxylic acids is 1. The average molecular weight is 1080 g/mol. The molecule has 0 bridgehead atoms. The standard InChI is InChI=1S/C69H138N2O5/c1-5-8-11-14-17-20-23-26-29-32-35-38-41-44-47-52-61-73-64-69(67-76-68(72)55-50-51-56-71-59-57-70(4)58-60-71,65-74-62-53-48-45-42-39-36-33-30-27-24-21-18-15-12-9-6-2)66-75-63-54-49-46-43-40-37-34-31-28-25-22-19-16-13-10-7-3/h5-67H2,1-4H3. The van der Waals surface area contributed by atoms with Crippen LogP contribution in [-0.2, 0) is 23.7 Å². The zero-order valence-electron chi connectivity index (χ0n) is 52.5. The highest BCUT2D eigenvalue weighted by Gasteiger charge is 2.34. The molecule has 76 heavy (non-hydrogen) atoms. The van der Waals surface area contributed by atoms with Crippen molar-refractivity contribution in [3.63, 3.8) is 0 Å². The van der Waals surface area contributed by atoms with Gasteiger partial charge in [0.1, 0.15) is 6.61 Å². The number of unbranched alkanes of at least 4 members (excludes halogenated alkanes) is 46. The van der Waals surface area contributed by atoms with Gasteiger partial charge in [0.25, 0.3) is 0 Å². The van der Waals surface area contributed by atoms with E-state index in [2.05, 4.69) is 37.6 Å². The molecule has 7 nitrogen and oxygen atoms in total. The van der Waals surface area contributed by atoms with Crippen molar-refractivity contribution in [3.05, 3.63) is 0 Å². The van der Waals surface area contributed by atoms with Crippen molar-refractivity contribution >= 4 is 5.97 Å². The first kappa shape index (κ1) is 73.3. The van der Waals surface area contributed by atoms with Gasteiger partial charge in [-0.05, 0) is 45.7 Å². The maximum absolute atomic E-state index is 13.3. The number of piperazine rings is 1. The molecular weight excluding hydrogens is 937 g/mol. The van der Waals surface area contributed by atoms with Gasteiger partial charge in [-0.1, -0.05) is 310 Å². The van der Waals surface area contributed by atoms with E-state index in [1.807, 2.05) is 0 Å². The highest BCUT2D eigenvalue weighted by Crippen LogP contribution is 2.24. The number of rotatable bonds is 64. The van der Waals surface area contributed by atoms with Gasteiger partial charge >= 0.3 is 5.97 Å². The molecule has 0 unspecified atom stereocenters. The summed E-state index contributed by atoms with van der Waals surface area (Å²) in [5.41, 5.74) is -0.491. The van der Waals surface area contributed by atoms with Crippen molar-refractivity contribution < 1.29 is 23.7 Å². The Hall–Kier alpha value is -0.730. The van der Waals surface area contributed by atoms with E-state index < -0.39 is 5.41 Å². The van der Waals surface area contributed by atoms with Gasteiger partial charge in [-0.3, -0.25) is 4.79 Å². The molecule has 0 N–H and O–H groups in total. The van der Waals surface area contributed by atoms with Crippen LogP contribution < -0.4 is 0 Å².